The second kappa shape index (κ2) is 5.02. The molecule has 0 aliphatic rings. The van der Waals surface area contributed by atoms with Gasteiger partial charge in [-0.3, -0.25) is 4.79 Å². The Bertz CT molecular complexity index is 554. The summed E-state index contributed by atoms with van der Waals surface area (Å²) in [7, 11) is 0. The molecule has 20 heavy (non-hydrogen) atoms. The smallest absolute Gasteiger partial charge is 0.463 e. The second-order valence-corrected chi connectivity index (χ2v) is 3.49. The van der Waals surface area contributed by atoms with E-state index in [0.29, 0.717) is 6.07 Å². The molecule has 1 rings (SSSR count). The Labute approximate surface area is 107 Å². The van der Waals surface area contributed by atoms with Gasteiger partial charge in [0.25, 0.3) is 0 Å². The molecule has 1 amide bonds. The molecule has 0 heterocycles. The quantitative estimate of drug-likeness (QED) is 0.843. The van der Waals surface area contributed by atoms with Crippen LogP contribution >= 0.6 is 0 Å². The normalized spacial score (nSPS) is 12.1. The summed E-state index contributed by atoms with van der Waals surface area (Å²) in [5, 5.41) is 9.58. The van der Waals surface area contributed by atoms with E-state index in [1.165, 1.54) is 0 Å². The highest BCUT2D eigenvalue weighted by Crippen LogP contribution is 2.36. The molecule has 0 atom stereocenters. The summed E-state index contributed by atoms with van der Waals surface area (Å²) in [6, 6.07) is 2.21. The molecule has 110 valence electrons. The molecule has 0 saturated carbocycles. The summed E-state index contributed by atoms with van der Waals surface area (Å²) >= 11 is 0. The third kappa shape index (κ3) is 2.83. The fraction of sp³-hybridized carbons (Fsp3) is 0.200. The van der Waals surface area contributed by atoms with Crippen LogP contribution in [0, 0.1) is 5.82 Å². The minimum atomic E-state index is -6.19. The van der Waals surface area contributed by atoms with Gasteiger partial charge in [-0.05, 0) is 12.1 Å². The fourth-order valence-corrected chi connectivity index (χ4v) is 1.15. The number of hydrogen-bond acceptors (Lipinski definition) is 2. The number of carbonyl (C=O) groups excluding carboxylic acids is 1. The van der Waals surface area contributed by atoms with Crippen LogP contribution in [0.3, 0.4) is 0 Å². The van der Waals surface area contributed by atoms with Crippen LogP contribution in [0.5, 0.6) is 0 Å². The monoisotopic (exact) mass is 301 g/mol. The van der Waals surface area contributed by atoms with E-state index in [2.05, 4.69) is 0 Å². The molecule has 4 nitrogen and oxygen atoms in total. The standard InChI is InChI=1S/C10H5F6NO3/c11-5-3-1-2-4(7(18)19)6(5)17-8(20)9(12,13)10(14,15)16/h1-3H,(H,17,20)(H,18,19). The number of alkyl halides is 5. The molecule has 0 bridgehead atoms. The van der Waals surface area contributed by atoms with E-state index >= 15 is 0 Å². The Morgan fingerprint density at radius 2 is 1.65 bits per heavy atom. The zero-order valence-electron chi connectivity index (χ0n) is 9.26. The number of benzene rings is 1. The van der Waals surface area contributed by atoms with Gasteiger partial charge in [0.05, 0.1) is 11.3 Å². The first-order chi connectivity index (χ1) is 8.98. The number of anilines is 1. The summed E-state index contributed by atoms with van der Waals surface area (Å²) in [6.07, 6.45) is -6.19. The maximum atomic E-state index is 13.3. The van der Waals surface area contributed by atoms with Crippen LogP contribution in [-0.4, -0.2) is 29.1 Å². The third-order valence-electron chi connectivity index (χ3n) is 2.12. The van der Waals surface area contributed by atoms with Gasteiger partial charge in [0.2, 0.25) is 0 Å². The Morgan fingerprint density at radius 3 is 2.10 bits per heavy atom. The van der Waals surface area contributed by atoms with Crippen molar-refractivity contribution in [3.63, 3.8) is 0 Å². The number of amides is 1. The van der Waals surface area contributed by atoms with Gasteiger partial charge in [0.1, 0.15) is 5.82 Å². The van der Waals surface area contributed by atoms with Crippen LogP contribution in [0.2, 0.25) is 0 Å². The molecule has 0 radical (unpaired) electrons. The maximum absolute atomic E-state index is 13.3. The number of carbonyl (C=O) groups is 2. The zero-order valence-corrected chi connectivity index (χ0v) is 9.26. The van der Waals surface area contributed by atoms with E-state index < -0.39 is 41.0 Å². The molecule has 1 aromatic rings. The predicted octanol–water partition coefficient (Wildman–Crippen LogP) is 2.66. The molecule has 2 N–H and O–H groups in total. The van der Waals surface area contributed by atoms with Crippen LogP contribution in [0.1, 0.15) is 10.4 Å². The van der Waals surface area contributed by atoms with Gasteiger partial charge in [0.15, 0.2) is 0 Å². The predicted molar refractivity (Wildman–Crippen MR) is 53.0 cm³/mol. The molecule has 10 heteroatoms. The third-order valence-corrected chi connectivity index (χ3v) is 2.12. The van der Waals surface area contributed by atoms with Crippen molar-refractivity contribution in [1.82, 2.24) is 0 Å². The van der Waals surface area contributed by atoms with E-state index in [4.69, 9.17) is 5.11 Å². The number of para-hydroxylation sites is 1. The average Bonchev–Trinajstić information content (AvgIpc) is 2.29. The molecule has 0 spiro atoms. The van der Waals surface area contributed by atoms with Gasteiger partial charge in [0, 0.05) is 0 Å². The molecule has 0 unspecified atom stereocenters. The second-order valence-electron chi connectivity index (χ2n) is 3.49. The minimum Gasteiger partial charge on any atom is -0.478 e. The van der Waals surface area contributed by atoms with Gasteiger partial charge in [-0.15, -0.1) is 0 Å². The number of carboxylic acids is 1. The van der Waals surface area contributed by atoms with Crippen molar-refractivity contribution in [2.24, 2.45) is 0 Å². The van der Waals surface area contributed by atoms with Crippen molar-refractivity contribution in [2.75, 3.05) is 5.32 Å². The highest BCUT2D eigenvalue weighted by atomic mass is 19.4. The Kier molecular flexibility index (Phi) is 3.97. The van der Waals surface area contributed by atoms with Gasteiger partial charge in [-0.1, -0.05) is 6.07 Å². The summed E-state index contributed by atoms with van der Waals surface area (Å²) in [5.74, 6) is -11.9. The van der Waals surface area contributed by atoms with Crippen LogP contribution in [0.4, 0.5) is 32.0 Å². The van der Waals surface area contributed by atoms with Crippen LogP contribution in [-0.2, 0) is 4.79 Å². The molecule has 0 aromatic heterocycles. The lowest BCUT2D eigenvalue weighted by Gasteiger charge is -2.19. The first-order valence-corrected chi connectivity index (χ1v) is 4.76. The lowest BCUT2D eigenvalue weighted by Crippen LogP contribution is -2.47. The molecule has 0 fully saturated rings. The highest BCUT2D eigenvalue weighted by Gasteiger charge is 2.63. The van der Waals surface area contributed by atoms with E-state index in [9.17, 15) is 35.9 Å². The number of carboxylic acid groups (broad SMARTS) is 1. The van der Waals surface area contributed by atoms with Crippen LogP contribution in [0.25, 0.3) is 0 Å². The van der Waals surface area contributed by atoms with Crippen molar-refractivity contribution in [2.45, 2.75) is 12.1 Å². The molecule has 0 aliphatic carbocycles. The van der Waals surface area contributed by atoms with E-state index in [1.807, 2.05) is 0 Å². The Hall–Kier alpha value is -2.26. The zero-order chi connectivity index (χ0) is 15.7. The lowest BCUT2D eigenvalue weighted by molar-refractivity contribution is -0.267. The lowest BCUT2D eigenvalue weighted by atomic mass is 10.1. The first-order valence-electron chi connectivity index (χ1n) is 4.76. The van der Waals surface area contributed by atoms with Crippen molar-refractivity contribution < 1.29 is 41.0 Å². The van der Waals surface area contributed by atoms with Gasteiger partial charge in [-0.2, -0.15) is 22.0 Å². The molecule has 0 saturated heterocycles. The fourth-order valence-electron chi connectivity index (χ4n) is 1.15. The van der Waals surface area contributed by atoms with Crippen LogP contribution in [0.15, 0.2) is 18.2 Å². The number of aromatic carboxylic acids is 1. The summed E-state index contributed by atoms with van der Waals surface area (Å²) in [6.45, 7) is 0. The number of halogens is 6. The summed E-state index contributed by atoms with van der Waals surface area (Å²) in [4.78, 5) is 21.5. The number of hydrogen-bond donors (Lipinski definition) is 2. The van der Waals surface area contributed by atoms with Crippen LogP contribution < -0.4 is 5.32 Å². The molecule has 0 aliphatic heterocycles. The number of nitrogens with one attached hydrogen (secondary N) is 1. The van der Waals surface area contributed by atoms with E-state index in [0.717, 1.165) is 17.4 Å². The first kappa shape index (κ1) is 15.8. The van der Waals surface area contributed by atoms with E-state index in [-0.39, 0.29) is 0 Å². The van der Waals surface area contributed by atoms with Gasteiger partial charge >= 0.3 is 24.0 Å². The van der Waals surface area contributed by atoms with E-state index in [1.54, 1.807) is 0 Å². The molecular weight excluding hydrogens is 296 g/mol. The highest BCUT2D eigenvalue weighted by molar-refractivity contribution is 6.03. The molecule has 1 aromatic carbocycles. The Morgan fingerprint density at radius 1 is 1.10 bits per heavy atom. The molecular formula is C10H5F6NO3. The topological polar surface area (TPSA) is 66.4 Å². The largest absolute Gasteiger partial charge is 0.478 e. The maximum Gasteiger partial charge on any atom is 0.463 e. The van der Waals surface area contributed by atoms with Crippen molar-refractivity contribution in [1.29, 1.82) is 0 Å². The van der Waals surface area contributed by atoms with Crippen molar-refractivity contribution in [3.05, 3.63) is 29.6 Å². The average molecular weight is 301 g/mol. The van der Waals surface area contributed by atoms with Gasteiger partial charge < -0.3 is 10.4 Å². The SMILES string of the molecule is O=C(O)c1cccc(F)c1NC(=O)C(F)(F)C(F)(F)F. The summed E-state index contributed by atoms with van der Waals surface area (Å²) < 4.78 is 74.4. The number of rotatable bonds is 3. The van der Waals surface area contributed by atoms with Crippen molar-refractivity contribution in [3.8, 4) is 0 Å². The Balaban J connectivity index is 3.18. The van der Waals surface area contributed by atoms with Gasteiger partial charge in [-0.25, -0.2) is 9.18 Å². The summed E-state index contributed by atoms with van der Waals surface area (Å²) in [5.41, 5.74) is -2.23. The minimum absolute atomic E-state index is 0.591. The van der Waals surface area contributed by atoms with Crippen molar-refractivity contribution >= 4 is 17.6 Å².